The number of aromatic nitrogens is 1. The molecule has 0 saturated carbocycles. The van der Waals surface area contributed by atoms with Crippen LogP contribution >= 0.6 is 0 Å². The number of anilines is 1. The van der Waals surface area contributed by atoms with Crippen molar-refractivity contribution in [3.05, 3.63) is 41.3 Å². The molecule has 3 N–H and O–H groups in total. The maximum atomic E-state index is 7.28. The number of nitrogens with one attached hydrogen (secondary N) is 1. The van der Waals surface area contributed by atoms with Crippen LogP contribution in [0, 0.1) is 12.3 Å². The minimum Gasteiger partial charge on any atom is -0.452 e. The average molecular weight is 295 g/mol. The fourth-order valence-electron chi connectivity index (χ4n) is 2.51. The van der Waals surface area contributed by atoms with Crippen LogP contribution in [0.3, 0.4) is 0 Å². The molecule has 22 heavy (non-hydrogen) atoms. The van der Waals surface area contributed by atoms with E-state index >= 15 is 0 Å². The molecule has 0 radical (unpaired) electrons. The first-order chi connectivity index (χ1) is 10.6. The van der Waals surface area contributed by atoms with Gasteiger partial charge in [0.25, 0.3) is 0 Å². The Bertz CT molecular complexity index is 895. The van der Waals surface area contributed by atoms with Crippen LogP contribution in [0.2, 0.25) is 0 Å². The first kappa shape index (κ1) is 14.3. The van der Waals surface area contributed by atoms with Crippen molar-refractivity contribution in [3.8, 4) is 11.5 Å². The summed E-state index contributed by atoms with van der Waals surface area (Å²) in [6.07, 6.45) is 1.40. The Morgan fingerprint density at radius 1 is 1.32 bits per heavy atom. The zero-order chi connectivity index (χ0) is 15.7. The molecule has 0 bridgehead atoms. The molecule has 0 atom stereocenters. The highest BCUT2D eigenvalue weighted by atomic mass is 16.3. The van der Waals surface area contributed by atoms with E-state index in [9.17, 15) is 0 Å². The predicted molar refractivity (Wildman–Crippen MR) is 89.2 cm³/mol. The summed E-state index contributed by atoms with van der Waals surface area (Å²) in [5.41, 5.74) is 9.94. The van der Waals surface area contributed by atoms with Gasteiger partial charge in [-0.05, 0) is 31.5 Å². The van der Waals surface area contributed by atoms with Gasteiger partial charge < -0.3 is 15.6 Å². The largest absolute Gasteiger partial charge is 0.452 e. The number of rotatable bonds is 3. The number of nitrogens with two attached hydrogens (primary N) is 1. The fraction of sp³-hybridized carbons (Fsp3) is 0.235. The van der Waals surface area contributed by atoms with Crippen molar-refractivity contribution >= 4 is 23.0 Å². The molecule has 1 aliphatic carbocycles. The third-order valence-electron chi connectivity index (χ3n) is 3.81. The predicted octanol–water partition coefficient (Wildman–Crippen LogP) is 2.26. The highest BCUT2D eigenvalue weighted by molar-refractivity contribution is 5.80. The molecule has 112 valence electrons. The molecule has 5 heteroatoms. The van der Waals surface area contributed by atoms with Gasteiger partial charge in [0, 0.05) is 17.8 Å². The summed E-state index contributed by atoms with van der Waals surface area (Å²) in [5, 5.41) is 8.30. The number of hydrogen-bond donors (Lipinski definition) is 2. The summed E-state index contributed by atoms with van der Waals surface area (Å²) in [6.45, 7) is 5.43. The van der Waals surface area contributed by atoms with Crippen LogP contribution in [0.4, 0.5) is 5.69 Å². The van der Waals surface area contributed by atoms with Crippen LogP contribution in [0.1, 0.15) is 12.5 Å². The molecule has 1 aliphatic heterocycles. The van der Waals surface area contributed by atoms with Crippen molar-refractivity contribution in [2.45, 2.75) is 13.8 Å². The minimum atomic E-state index is 0.579. The van der Waals surface area contributed by atoms with Gasteiger partial charge in [0.2, 0.25) is 5.36 Å². The Kier molecular flexibility index (Phi) is 3.63. The number of nitrogen functional groups attached to an aromatic ring is 1. The van der Waals surface area contributed by atoms with Crippen molar-refractivity contribution in [1.82, 2.24) is 9.56 Å². The summed E-state index contributed by atoms with van der Waals surface area (Å²) in [4.78, 5) is 4.64. The highest BCUT2D eigenvalue weighted by Gasteiger charge is 2.12. The van der Waals surface area contributed by atoms with E-state index in [1.165, 1.54) is 6.21 Å². The van der Waals surface area contributed by atoms with Crippen molar-refractivity contribution in [1.29, 1.82) is 5.41 Å². The van der Waals surface area contributed by atoms with Gasteiger partial charge in [-0.15, -0.1) is 0 Å². The van der Waals surface area contributed by atoms with Crippen LogP contribution in [0.15, 0.2) is 34.7 Å². The smallest absolute Gasteiger partial charge is 0.204 e. The molecule has 0 unspecified atom stereocenters. The topological polar surface area (TPSA) is 78.9 Å². The maximum Gasteiger partial charge on any atom is 0.204 e. The molecule has 1 aromatic carbocycles. The van der Waals surface area contributed by atoms with Crippen molar-refractivity contribution in [2.24, 2.45) is 0 Å². The number of aryl methyl sites for hydroxylation is 1. The Morgan fingerprint density at radius 2 is 2.14 bits per heavy atom. The molecule has 1 heterocycles. The van der Waals surface area contributed by atoms with Crippen molar-refractivity contribution in [2.75, 3.05) is 18.8 Å². The third-order valence-corrected chi connectivity index (χ3v) is 3.81. The molecule has 2 aliphatic rings. The second-order valence-electron chi connectivity index (χ2n) is 5.29. The molecule has 1 aromatic rings. The molecule has 0 aromatic heterocycles. The zero-order valence-electron chi connectivity index (χ0n) is 12.8. The molecular weight excluding hydrogens is 276 g/mol. The summed E-state index contributed by atoms with van der Waals surface area (Å²) in [7, 11) is 0. The standard InChI is InChI=1S/C17H18N4O/c1-3-21(7-6-18)12-4-5-14-16(9-12)22-17-10-13(19)11(2)8-15(17)20-14/h4-6,8-10,18-19H,3,7H2,1-2H3/p+1. The van der Waals surface area contributed by atoms with Gasteiger partial charge in [0.1, 0.15) is 17.8 Å². The number of fused-ring (bicyclic) bond motifs is 2. The van der Waals surface area contributed by atoms with Crippen LogP contribution < -0.4 is 15.7 Å². The van der Waals surface area contributed by atoms with Gasteiger partial charge in [-0.25, -0.2) is 9.56 Å². The summed E-state index contributed by atoms with van der Waals surface area (Å²) >= 11 is 0. The molecule has 5 nitrogen and oxygen atoms in total. The van der Waals surface area contributed by atoms with Gasteiger partial charge in [0.05, 0.1) is 12.3 Å². The highest BCUT2D eigenvalue weighted by Crippen LogP contribution is 2.26. The van der Waals surface area contributed by atoms with E-state index in [1.807, 2.05) is 37.3 Å². The van der Waals surface area contributed by atoms with Gasteiger partial charge in [-0.3, -0.25) is 0 Å². The lowest BCUT2D eigenvalue weighted by Crippen LogP contribution is -2.31. The van der Waals surface area contributed by atoms with Gasteiger partial charge in [-0.1, -0.05) is 0 Å². The Hall–Kier alpha value is -2.69. The zero-order valence-corrected chi connectivity index (χ0v) is 12.8. The lowest BCUT2D eigenvalue weighted by molar-refractivity contribution is 0.607. The fourth-order valence-corrected chi connectivity index (χ4v) is 2.51. The first-order valence-corrected chi connectivity index (χ1v) is 7.30. The first-order valence-electron chi connectivity index (χ1n) is 7.30. The second-order valence-corrected chi connectivity index (χ2v) is 5.29. The number of hydrogen-bond acceptors (Lipinski definition) is 4. The van der Waals surface area contributed by atoms with E-state index in [0.717, 1.165) is 34.4 Å². The average Bonchev–Trinajstić information content (AvgIpc) is 2.51. The van der Waals surface area contributed by atoms with E-state index in [4.69, 9.17) is 15.6 Å². The Morgan fingerprint density at radius 3 is 2.86 bits per heavy atom. The molecule has 0 amide bonds. The SMILES string of the molecule is CC[N+](CC=N)=c1ccc2nc3cc(C)c(N)cc3oc-2c1. The van der Waals surface area contributed by atoms with Crippen LogP contribution in [0.25, 0.3) is 22.6 Å². The second kappa shape index (κ2) is 5.60. The van der Waals surface area contributed by atoms with Crippen molar-refractivity contribution in [3.63, 3.8) is 0 Å². The van der Waals surface area contributed by atoms with Crippen molar-refractivity contribution < 1.29 is 4.42 Å². The van der Waals surface area contributed by atoms with Gasteiger partial charge in [0.15, 0.2) is 17.9 Å². The molecule has 0 fully saturated rings. The summed E-state index contributed by atoms with van der Waals surface area (Å²) < 4.78 is 8.06. The Balaban J connectivity index is 2.29. The van der Waals surface area contributed by atoms with Crippen LogP contribution in [-0.4, -0.2) is 24.3 Å². The van der Waals surface area contributed by atoms with E-state index in [1.54, 1.807) is 0 Å². The van der Waals surface area contributed by atoms with E-state index < -0.39 is 0 Å². The maximum absolute atomic E-state index is 7.28. The molecule has 0 saturated heterocycles. The van der Waals surface area contributed by atoms with Crippen LogP contribution in [-0.2, 0) is 0 Å². The van der Waals surface area contributed by atoms with E-state index in [0.29, 0.717) is 17.8 Å². The number of benzene rings is 2. The molecule has 3 rings (SSSR count). The third kappa shape index (κ3) is 2.45. The van der Waals surface area contributed by atoms with Gasteiger partial charge >= 0.3 is 0 Å². The Labute approximate surface area is 128 Å². The van der Waals surface area contributed by atoms with E-state index in [-0.39, 0.29) is 0 Å². The number of nitrogens with zero attached hydrogens (tertiary/aromatic N) is 2. The normalized spacial score (nSPS) is 12.6. The molecular formula is C17H19N4O+. The summed E-state index contributed by atoms with van der Waals surface area (Å²) in [6, 6.07) is 9.68. The monoisotopic (exact) mass is 295 g/mol. The van der Waals surface area contributed by atoms with Gasteiger partial charge in [-0.2, -0.15) is 0 Å². The summed E-state index contributed by atoms with van der Waals surface area (Å²) in [5.74, 6) is 0.719. The molecule has 0 spiro atoms. The van der Waals surface area contributed by atoms with E-state index in [2.05, 4.69) is 16.5 Å². The van der Waals surface area contributed by atoms with Crippen LogP contribution in [0.5, 0.6) is 0 Å². The lowest BCUT2D eigenvalue weighted by Gasteiger charge is -2.08. The quantitative estimate of drug-likeness (QED) is 0.337. The lowest BCUT2D eigenvalue weighted by atomic mass is 10.1. The minimum absolute atomic E-state index is 0.579.